The summed E-state index contributed by atoms with van der Waals surface area (Å²) in [5.74, 6) is 1.12. The number of ether oxygens (including phenoxy) is 1. The number of rotatable bonds is 4. The Hall–Kier alpha value is -3.37. The summed E-state index contributed by atoms with van der Waals surface area (Å²) in [6.07, 6.45) is 0. The van der Waals surface area contributed by atoms with Crippen LogP contribution >= 0.6 is 23.6 Å². The van der Waals surface area contributed by atoms with Crippen molar-refractivity contribution in [3.8, 4) is 16.3 Å². The van der Waals surface area contributed by atoms with Gasteiger partial charge in [0, 0.05) is 16.8 Å². The van der Waals surface area contributed by atoms with Crippen LogP contribution in [0.4, 0.5) is 5.69 Å². The fraction of sp³-hybridized carbons (Fsp3) is 0.150. The molecule has 0 saturated heterocycles. The Morgan fingerprint density at radius 1 is 1.13 bits per heavy atom. The van der Waals surface area contributed by atoms with Crippen LogP contribution in [0.25, 0.3) is 15.5 Å². The van der Waals surface area contributed by atoms with E-state index in [0.29, 0.717) is 11.3 Å². The molecule has 2 aromatic carbocycles. The van der Waals surface area contributed by atoms with E-state index in [4.69, 9.17) is 17.0 Å². The average molecular weight is 439 g/mol. The second-order valence-electron chi connectivity index (χ2n) is 6.52. The van der Waals surface area contributed by atoms with Gasteiger partial charge in [-0.3, -0.25) is 10.1 Å². The highest BCUT2D eigenvalue weighted by Crippen LogP contribution is 2.29. The number of hydrogen-bond acceptors (Lipinski definition) is 7. The number of nitrogens with zero attached hydrogens (tertiary/aromatic N) is 4. The second kappa shape index (κ2) is 8.17. The van der Waals surface area contributed by atoms with Crippen LogP contribution in [0.15, 0.2) is 42.5 Å². The molecule has 2 N–H and O–H groups in total. The number of methoxy groups -OCH3 is 1. The average Bonchev–Trinajstić information content (AvgIpc) is 3.32. The van der Waals surface area contributed by atoms with E-state index < -0.39 is 0 Å². The van der Waals surface area contributed by atoms with Crippen molar-refractivity contribution in [1.29, 1.82) is 0 Å². The van der Waals surface area contributed by atoms with E-state index in [9.17, 15) is 4.79 Å². The van der Waals surface area contributed by atoms with E-state index in [1.165, 1.54) is 11.3 Å². The summed E-state index contributed by atoms with van der Waals surface area (Å²) >= 11 is 6.79. The SMILES string of the molecule is COc1ccc(C(=O)NC(=S)Nc2cc(-c3nn4c(C)nnc4s3)ccc2C)cc1. The predicted octanol–water partition coefficient (Wildman–Crippen LogP) is 3.61. The zero-order valence-corrected chi connectivity index (χ0v) is 18.1. The summed E-state index contributed by atoms with van der Waals surface area (Å²) in [4.78, 5) is 13.2. The summed E-state index contributed by atoms with van der Waals surface area (Å²) in [5, 5.41) is 19.5. The maximum absolute atomic E-state index is 12.4. The van der Waals surface area contributed by atoms with Crippen molar-refractivity contribution in [2.24, 2.45) is 0 Å². The first kappa shape index (κ1) is 19.9. The van der Waals surface area contributed by atoms with Crippen LogP contribution in [0.5, 0.6) is 5.75 Å². The molecule has 1 amide bonds. The van der Waals surface area contributed by atoms with E-state index >= 15 is 0 Å². The van der Waals surface area contributed by atoms with E-state index in [2.05, 4.69) is 25.9 Å². The van der Waals surface area contributed by atoms with Crippen LogP contribution in [-0.2, 0) is 0 Å². The number of thiocarbonyl (C=S) groups is 1. The number of benzene rings is 2. The quantitative estimate of drug-likeness (QED) is 0.470. The van der Waals surface area contributed by atoms with Crippen molar-refractivity contribution in [1.82, 2.24) is 25.1 Å². The highest BCUT2D eigenvalue weighted by molar-refractivity contribution is 7.80. The fourth-order valence-corrected chi connectivity index (χ4v) is 3.88. The molecule has 0 aliphatic heterocycles. The summed E-state index contributed by atoms with van der Waals surface area (Å²) in [6.45, 7) is 3.82. The zero-order valence-electron chi connectivity index (χ0n) is 16.5. The Kier molecular flexibility index (Phi) is 5.42. The monoisotopic (exact) mass is 438 g/mol. The molecule has 30 heavy (non-hydrogen) atoms. The number of aryl methyl sites for hydroxylation is 2. The molecular formula is C20H18N6O2S2. The molecule has 0 unspecified atom stereocenters. The first-order valence-electron chi connectivity index (χ1n) is 9.01. The van der Waals surface area contributed by atoms with Gasteiger partial charge in [-0.05, 0) is 62.0 Å². The summed E-state index contributed by atoms with van der Waals surface area (Å²) in [7, 11) is 1.58. The molecule has 0 saturated carbocycles. The molecule has 0 atom stereocenters. The molecule has 0 aliphatic rings. The van der Waals surface area contributed by atoms with Gasteiger partial charge in [-0.15, -0.1) is 10.2 Å². The van der Waals surface area contributed by atoms with Gasteiger partial charge in [0.05, 0.1) is 7.11 Å². The molecule has 2 heterocycles. The lowest BCUT2D eigenvalue weighted by Gasteiger charge is -2.13. The molecule has 0 spiro atoms. The van der Waals surface area contributed by atoms with Crippen molar-refractivity contribution in [3.63, 3.8) is 0 Å². The zero-order chi connectivity index (χ0) is 21.3. The van der Waals surface area contributed by atoms with Crippen LogP contribution in [-0.4, -0.2) is 37.9 Å². The standard InChI is InChI=1S/C20H18N6O2S2/c1-11-4-5-14(18-25-26-12(2)23-24-20(26)30-18)10-16(11)21-19(29)22-17(27)13-6-8-15(28-3)9-7-13/h4-10H,1-3H3,(H2,21,22,27,29). The minimum atomic E-state index is -0.298. The molecule has 4 rings (SSSR count). The van der Waals surface area contributed by atoms with Crippen molar-refractivity contribution in [3.05, 3.63) is 59.4 Å². The van der Waals surface area contributed by atoms with Gasteiger partial charge in [0.1, 0.15) is 10.8 Å². The number of nitrogens with one attached hydrogen (secondary N) is 2. The predicted molar refractivity (Wildman–Crippen MR) is 120 cm³/mol. The number of carbonyl (C=O) groups is 1. The van der Waals surface area contributed by atoms with Gasteiger partial charge >= 0.3 is 0 Å². The molecule has 152 valence electrons. The van der Waals surface area contributed by atoms with Crippen LogP contribution in [0.2, 0.25) is 0 Å². The van der Waals surface area contributed by atoms with Crippen LogP contribution in [0.1, 0.15) is 21.7 Å². The van der Waals surface area contributed by atoms with Crippen LogP contribution in [0, 0.1) is 13.8 Å². The van der Waals surface area contributed by atoms with Gasteiger partial charge in [-0.25, -0.2) is 0 Å². The number of carbonyl (C=O) groups excluding carboxylic acids is 1. The van der Waals surface area contributed by atoms with E-state index in [-0.39, 0.29) is 11.0 Å². The Balaban J connectivity index is 1.50. The third-order valence-corrected chi connectivity index (χ3v) is 5.61. The fourth-order valence-electron chi connectivity index (χ4n) is 2.79. The van der Waals surface area contributed by atoms with Gasteiger partial charge in [0.2, 0.25) is 4.96 Å². The number of amides is 1. The van der Waals surface area contributed by atoms with E-state index in [1.807, 2.05) is 32.0 Å². The third-order valence-electron chi connectivity index (χ3n) is 4.46. The molecule has 2 aromatic heterocycles. The van der Waals surface area contributed by atoms with Crippen LogP contribution in [0.3, 0.4) is 0 Å². The molecule has 4 aromatic rings. The van der Waals surface area contributed by atoms with Crippen molar-refractivity contribution in [2.75, 3.05) is 12.4 Å². The topological polar surface area (TPSA) is 93.4 Å². The Morgan fingerprint density at radius 2 is 1.90 bits per heavy atom. The molecular weight excluding hydrogens is 420 g/mol. The van der Waals surface area contributed by atoms with Crippen molar-refractivity contribution in [2.45, 2.75) is 13.8 Å². The first-order chi connectivity index (χ1) is 14.4. The van der Waals surface area contributed by atoms with Crippen molar-refractivity contribution >= 4 is 45.2 Å². The second-order valence-corrected chi connectivity index (χ2v) is 7.88. The number of anilines is 1. The minimum Gasteiger partial charge on any atom is -0.497 e. The van der Waals surface area contributed by atoms with E-state index in [0.717, 1.165) is 32.6 Å². The molecule has 0 aliphatic carbocycles. The lowest BCUT2D eigenvalue weighted by atomic mass is 10.1. The number of fused-ring (bicyclic) bond motifs is 1. The third kappa shape index (κ3) is 4.00. The normalized spacial score (nSPS) is 10.8. The maximum Gasteiger partial charge on any atom is 0.257 e. The van der Waals surface area contributed by atoms with Crippen molar-refractivity contribution < 1.29 is 9.53 Å². The molecule has 0 radical (unpaired) electrons. The Morgan fingerprint density at radius 3 is 2.60 bits per heavy atom. The summed E-state index contributed by atoms with van der Waals surface area (Å²) in [6, 6.07) is 12.7. The van der Waals surface area contributed by atoms with E-state index in [1.54, 1.807) is 35.9 Å². The lowest BCUT2D eigenvalue weighted by Crippen LogP contribution is -2.34. The smallest absolute Gasteiger partial charge is 0.257 e. The minimum absolute atomic E-state index is 0.213. The summed E-state index contributed by atoms with van der Waals surface area (Å²) in [5.41, 5.74) is 3.18. The number of aromatic nitrogens is 4. The maximum atomic E-state index is 12.4. The lowest BCUT2D eigenvalue weighted by molar-refractivity contribution is 0.0977. The first-order valence-corrected chi connectivity index (χ1v) is 10.2. The molecule has 0 fully saturated rings. The molecule has 8 nitrogen and oxygen atoms in total. The largest absolute Gasteiger partial charge is 0.497 e. The number of hydrogen-bond donors (Lipinski definition) is 2. The Bertz CT molecular complexity index is 1250. The van der Waals surface area contributed by atoms with Gasteiger partial charge < -0.3 is 10.1 Å². The van der Waals surface area contributed by atoms with Gasteiger partial charge in [-0.1, -0.05) is 23.5 Å². The van der Waals surface area contributed by atoms with Crippen LogP contribution < -0.4 is 15.4 Å². The van der Waals surface area contributed by atoms with Gasteiger partial charge in [0.25, 0.3) is 5.91 Å². The highest BCUT2D eigenvalue weighted by Gasteiger charge is 2.13. The summed E-state index contributed by atoms with van der Waals surface area (Å²) < 4.78 is 6.82. The highest BCUT2D eigenvalue weighted by atomic mass is 32.1. The Labute approximate surface area is 181 Å². The molecule has 10 heteroatoms. The molecule has 0 bridgehead atoms. The van der Waals surface area contributed by atoms with Gasteiger partial charge in [-0.2, -0.15) is 9.61 Å². The van der Waals surface area contributed by atoms with Gasteiger partial charge in [0.15, 0.2) is 10.9 Å².